The molecule has 1 aromatic rings. The van der Waals surface area contributed by atoms with E-state index in [1.165, 1.54) is 18.9 Å². The Labute approximate surface area is 216 Å². The van der Waals surface area contributed by atoms with Crippen LogP contribution in [0.5, 0.6) is 0 Å². The maximum absolute atomic E-state index is 13.4. The monoisotopic (exact) mass is 511 g/mol. The molecule has 0 saturated carbocycles. The lowest BCUT2D eigenvalue weighted by atomic mass is 9.90. The average molecular weight is 512 g/mol. The fourth-order valence-corrected chi connectivity index (χ4v) is 5.96. The maximum Gasteiger partial charge on any atom is 0.338 e. The van der Waals surface area contributed by atoms with Crippen LogP contribution in [0.3, 0.4) is 0 Å². The predicted molar refractivity (Wildman–Crippen MR) is 139 cm³/mol. The Balaban J connectivity index is 1.63. The van der Waals surface area contributed by atoms with E-state index in [0.29, 0.717) is 37.4 Å². The second-order valence-electron chi connectivity index (χ2n) is 9.06. The van der Waals surface area contributed by atoms with Gasteiger partial charge in [0, 0.05) is 18.8 Å². The summed E-state index contributed by atoms with van der Waals surface area (Å²) >= 11 is 1.46. The minimum atomic E-state index is -0.441. The van der Waals surface area contributed by atoms with E-state index in [-0.39, 0.29) is 24.2 Å². The van der Waals surface area contributed by atoms with Crippen molar-refractivity contribution >= 4 is 34.8 Å². The highest BCUT2D eigenvalue weighted by Gasteiger charge is 2.42. The minimum absolute atomic E-state index is 0.0504. The van der Waals surface area contributed by atoms with E-state index in [1.807, 2.05) is 48.4 Å². The first-order chi connectivity index (χ1) is 17.4. The van der Waals surface area contributed by atoms with Crippen LogP contribution < -0.4 is 0 Å². The van der Waals surface area contributed by atoms with E-state index in [1.54, 1.807) is 11.8 Å². The van der Waals surface area contributed by atoms with E-state index in [2.05, 4.69) is 0 Å². The highest BCUT2D eigenvalue weighted by Crippen LogP contribution is 2.46. The average Bonchev–Trinajstić information content (AvgIpc) is 3.29. The number of amidine groups is 1. The van der Waals surface area contributed by atoms with Crippen LogP contribution >= 0.6 is 11.8 Å². The first-order valence-corrected chi connectivity index (χ1v) is 13.3. The van der Waals surface area contributed by atoms with E-state index in [9.17, 15) is 14.4 Å². The zero-order valence-corrected chi connectivity index (χ0v) is 22.1. The lowest BCUT2D eigenvalue weighted by Gasteiger charge is -2.38. The number of carbonyl (C=O) groups is 3. The van der Waals surface area contributed by atoms with Crippen LogP contribution in [-0.2, 0) is 23.9 Å². The molecule has 8 nitrogen and oxygen atoms in total. The molecule has 0 spiro atoms. The van der Waals surface area contributed by atoms with Crippen LogP contribution in [0.15, 0.2) is 51.6 Å². The van der Waals surface area contributed by atoms with Crippen molar-refractivity contribution in [1.29, 1.82) is 0 Å². The fraction of sp³-hybridized carbons (Fsp3) is 0.481. The molecule has 0 aromatic heterocycles. The standard InChI is InChI=1S/C27H33N3O5S/c1-5-21-23(26(33)34-4)24(20-12-8-7-10-17(20)3)30-19(16-36-27(30)28-21)14-22(31)29-13-9-11-18(15-29)25(32)35-6-2/h7-8,10,12,16,18,24H,5-6,9,11,13-15H2,1-4H3/t18-,24-/m1/s1. The van der Waals surface area contributed by atoms with E-state index < -0.39 is 12.0 Å². The van der Waals surface area contributed by atoms with Crippen molar-refractivity contribution in [2.24, 2.45) is 10.9 Å². The van der Waals surface area contributed by atoms with Gasteiger partial charge in [-0.2, -0.15) is 0 Å². The number of fused-ring (bicyclic) bond motifs is 1. The number of amides is 1. The van der Waals surface area contributed by atoms with Gasteiger partial charge in [0.15, 0.2) is 5.17 Å². The third kappa shape index (κ3) is 5.07. The lowest BCUT2D eigenvalue weighted by Crippen LogP contribution is -2.44. The fourth-order valence-electron chi connectivity index (χ4n) is 5.02. The van der Waals surface area contributed by atoms with Gasteiger partial charge in [0.2, 0.25) is 5.91 Å². The van der Waals surface area contributed by atoms with Gasteiger partial charge in [-0.25, -0.2) is 9.79 Å². The van der Waals surface area contributed by atoms with Crippen molar-refractivity contribution < 1.29 is 23.9 Å². The molecule has 1 amide bonds. The van der Waals surface area contributed by atoms with Gasteiger partial charge in [-0.05, 0) is 49.6 Å². The number of thioether (sulfide) groups is 1. The molecule has 0 unspecified atom stereocenters. The molecule has 0 radical (unpaired) electrons. The molecule has 2 atom stereocenters. The largest absolute Gasteiger partial charge is 0.466 e. The molecular formula is C27H33N3O5S. The number of ether oxygens (including phenoxy) is 2. The quantitative estimate of drug-likeness (QED) is 0.504. The Kier molecular flexibility index (Phi) is 8.18. The van der Waals surface area contributed by atoms with Crippen molar-refractivity contribution in [2.45, 2.75) is 52.5 Å². The van der Waals surface area contributed by atoms with Crippen LogP contribution in [0.1, 0.15) is 56.7 Å². The van der Waals surface area contributed by atoms with Crippen molar-refractivity contribution in [1.82, 2.24) is 9.80 Å². The molecular weight excluding hydrogens is 478 g/mol. The lowest BCUT2D eigenvalue weighted by molar-refractivity contribution is -0.151. The van der Waals surface area contributed by atoms with Gasteiger partial charge in [-0.3, -0.25) is 9.59 Å². The van der Waals surface area contributed by atoms with Crippen LogP contribution in [0.2, 0.25) is 0 Å². The number of aryl methyl sites for hydroxylation is 1. The third-order valence-electron chi connectivity index (χ3n) is 6.84. The summed E-state index contributed by atoms with van der Waals surface area (Å²) in [6.07, 6.45) is 2.23. The second-order valence-corrected chi connectivity index (χ2v) is 9.90. The zero-order valence-electron chi connectivity index (χ0n) is 21.3. The van der Waals surface area contributed by atoms with Gasteiger partial charge < -0.3 is 19.3 Å². The Hall–Kier alpha value is -3.07. The predicted octanol–water partition coefficient (Wildman–Crippen LogP) is 4.32. The molecule has 0 aliphatic carbocycles. The summed E-state index contributed by atoms with van der Waals surface area (Å²) < 4.78 is 10.4. The van der Waals surface area contributed by atoms with Gasteiger partial charge >= 0.3 is 11.9 Å². The van der Waals surface area contributed by atoms with Crippen LogP contribution in [0.4, 0.5) is 0 Å². The zero-order chi connectivity index (χ0) is 25.8. The van der Waals surface area contributed by atoms with Gasteiger partial charge in [-0.15, -0.1) is 0 Å². The normalized spacial score (nSPS) is 21.6. The molecule has 0 bridgehead atoms. The number of likely N-dealkylation sites (tertiary alicyclic amines) is 1. The number of carbonyl (C=O) groups excluding carboxylic acids is 3. The summed E-state index contributed by atoms with van der Waals surface area (Å²) in [7, 11) is 1.38. The number of methoxy groups -OCH3 is 1. The number of rotatable bonds is 7. The number of hydrogen-bond acceptors (Lipinski definition) is 8. The Morgan fingerprint density at radius 2 is 1.97 bits per heavy atom. The van der Waals surface area contributed by atoms with Gasteiger partial charge in [0.05, 0.1) is 43.4 Å². The third-order valence-corrected chi connectivity index (χ3v) is 7.73. The molecule has 192 valence electrons. The van der Waals surface area contributed by atoms with Gasteiger partial charge in [-0.1, -0.05) is 43.0 Å². The van der Waals surface area contributed by atoms with Crippen molar-refractivity contribution in [2.75, 3.05) is 26.8 Å². The first-order valence-electron chi connectivity index (χ1n) is 12.4. The van der Waals surface area contributed by atoms with E-state index in [4.69, 9.17) is 14.5 Å². The number of aliphatic imine (C=N–C) groups is 1. The Morgan fingerprint density at radius 3 is 2.67 bits per heavy atom. The molecule has 1 fully saturated rings. The summed E-state index contributed by atoms with van der Waals surface area (Å²) in [5.41, 5.74) is 3.99. The molecule has 0 N–H and O–H groups in total. The minimum Gasteiger partial charge on any atom is -0.466 e. The second kappa shape index (κ2) is 11.3. The first kappa shape index (κ1) is 26.0. The molecule has 3 heterocycles. The molecule has 4 rings (SSSR count). The number of benzene rings is 1. The molecule has 1 aromatic carbocycles. The number of nitrogens with zero attached hydrogens (tertiary/aromatic N) is 3. The Morgan fingerprint density at radius 1 is 1.19 bits per heavy atom. The van der Waals surface area contributed by atoms with Gasteiger partial charge in [0.1, 0.15) is 0 Å². The smallest absolute Gasteiger partial charge is 0.338 e. The summed E-state index contributed by atoms with van der Waals surface area (Å²) in [4.78, 5) is 47.3. The highest BCUT2D eigenvalue weighted by atomic mass is 32.2. The summed E-state index contributed by atoms with van der Waals surface area (Å²) in [5.74, 6) is -0.998. The molecule has 9 heteroatoms. The number of piperidine rings is 1. The summed E-state index contributed by atoms with van der Waals surface area (Å²) in [5, 5.41) is 2.70. The SMILES string of the molecule is CCOC(=O)[C@@H]1CCCN(C(=O)CC2=CSC3=NC(CC)=C(C(=O)OC)[C@@H](c4ccccc4C)N23)C1. The number of allylic oxidation sites excluding steroid dienone is 1. The van der Waals surface area contributed by atoms with Crippen LogP contribution in [-0.4, -0.2) is 59.6 Å². The van der Waals surface area contributed by atoms with Crippen molar-refractivity contribution in [3.63, 3.8) is 0 Å². The van der Waals surface area contributed by atoms with E-state index in [0.717, 1.165) is 34.8 Å². The van der Waals surface area contributed by atoms with E-state index >= 15 is 0 Å². The molecule has 36 heavy (non-hydrogen) atoms. The van der Waals surface area contributed by atoms with Crippen molar-refractivity contribution in [3.05, 3.63) is 57.8 Å². The topological polar surface area (TPSA) is 88.5 Å². The molecule has 3 aliphatic rings. The van der Waals surface area contributed by atoms with Crippen LogP contribution in [0, 0.1) is 12.8 Å². The van der Waals surface area contributed by atoms with Crippen molar-refractivity contribution in [3.8, 4) is 0 Å². The molecule has 1 saturated heterocycles. The highest BCUT2D eigenvalue weighted by molar-refractivity contribution is 8.16. The maximum atomic E-state index is 13.4. The summed E-state index contributed by atoms with van der Waals surface area (Å²) in [6, 6.07) is 7.51. The number of hydrogen-bond donors (Lipinski definition) is 0. The number of esters is 2. The summed E-state index contributed by atoms with van der Waals surface area (Å²) in [6.45, 7) is 7.10. The van der Waals surface area contributed by atoms with Crippen LogP contribution in [0.25, 0.3) is 0 Å². The molecule has 3 aliphatic heterocycles. The Bertz CT molecular complexity index is 1140. The van der Waals surface area contributed by atoms with Gasteiger partial charge in [0.25, 0.3) is 0 Å².